The van der Waals surface area contributed by atoms with E-state index in [0.717, 1.165) is 19.6 Å². The molecule has 0 aromatic heterocycles. The van der Waals surface area contributed by atoms with Crippen molar-refractivity contribution in [1.82, 2.24) is 9.80 Å². The van der Waals surface area contributed by atoms with Crippen LogP contribution in [0.5, 0.6) is 0 Å². The minimum Gasteiger partial charge on any atom is -0.369 e. The molecule has 0 spiro atoms. The van der Waals surface area contributed by atoms with Crippen molar-refractivity contribution in [1.29, 1.82) is 0 Å². The zero-order chi connectivity index (χ0) is 12.8. The van der Waals surface area contributed by atoms with Crippen LogP contribution in [0.4, 0.5) is 0 Å². The van der Waals surface area contributed by atoms with Gasteiger partial charge in [-0.25, -0.2) is 0 Å². The lowest BCUT2D eigenvalue weighted by atomic mass is 10.0. The number of hydrogen-bond acceptors (Lipinski definition) is 2. The second-order valence-electron chi connectivity index (χ2n) is 5.22. The fraction of sp³-hybridized carbons (Fsp3) is 0.533. The third kappa shape index (κ3) is 4.15. The monoisotopic (exact) mass is 245 g/mol. The molecule has 1 aromatic rings. The minimum absolute atomic E-state index is 0.513. The number of hydrogen-bond donors (Lipinski definition) is 0. The molecule has 1 saturated heterocycles. The fourth-order valence-corrected chi connectivity index (χ4v) is 2.30. The van der Waals surface area contributed by atoms with Crippen molar-refractivity contribution in [3.8, 4) is 0 Å². The van der Waals surface area contributed by atoms with Gasteiger partial charge < -0.3 is 4.90 Å². The van der Waals surface area contributed by atoms with Crippen LogP contribution in [0, 0.1) is 0 Å². The van der Waals surface area contributed by atoms with Crippen LogP contribution in [0.3, 0.4) is 0 Å². The first-order chi connectivity index (χ1) is 8.74. The predicted molar refractivity (Wildman–Crippen MR) is 76.9 cm³/mol. The average molecular weight is 245 g/mol. The molecule has 0 radical (unpaired) electrons. The van der Waals surface area contributed by atoms with Crippen LogP contribution in [0.15, 0.2) is 35.3 Å². The van der Waals surface area contributed by atoms with Gasteiger partial charge in [0.15, 0.2) is 0 Å². The number of aliphatic imine (C=N–C) groups is 1. The van der Waals surface area contributed by atoms with E-state index in [4.69, 9.17) is 0 Å². The molecule has 1 aromatic carbocycles. The molecule has 0 atom stereocenters. The van der Waals surface area contributed by atoms with Crippen LogP contribution in [0.1, 0.15) is 18.4 Å². The lowest BCUT2D eigenvalue weighted by Gasteiger charge is -2.30. The van der Waals surface area contributed by atoms with Crippen LogP contribution >= 0.6 is 0 Å². The Balaban J connectivity index is 1.77. The van der Waals surface area contributed by atoms with Gasteiger partial charge in [-0.05, 0) is 18.4 Å². The summed E-state index contributed by atoms with van der Waals surface area (Å²) in [7, 11) is 4.04. The van der Waals surface area contributed by atoms with Gasteiger partial charge in [-0.15, -0.1) is 0 Å². The first kappa shape index (κ1) is 13.1. The molecule has 0 aliphatic carbocycles. The highest BCUT2D eigenvalue weighted by atomic mass is 15.1. The number of nitrogens with zero attached hydrogens (tertiary/aromatic N) is 3. The number of rotatable bonds is 4. The molecule has 0 unspecified atom stereocenters. The number of benzene rings is 1. The maximum Gasteiger partial charge on any atom is 0.0848 e. The van der Waals surface area contributed by atoms with Crippen molar-refractivity contribution in [3.05, 3.63) is 35.9 Å². The summed E-state index contributed by atoms with van der Waals surface area (Å²) in [4.78, 5) is 9.13. The first-order valence-electron chi connectivity index (χ1n) is 6.70. The second-order valence-corrected chi connectivity index (χ2v) is 5.22. The van der Waals surface area contributed by atoms with E-state index >= 15 is 0 Å². The smallest absolute Gasteiger partial charge is 0.0848 e. The molecule has 2 rings (SSSR count). The average Bonchev–Trinajstić information content (AvgIpc) is 2.39. The van der Waals surface area contributed by atoms with E-state index < -0.39 is 0 Å². The van der Waals surface area contributed by atoms with E-state index in [1.165, 1.54) is 18.4 Å². The topological polar surface area (TPSA) is 18.8 Å². The molecular formula is C15H23N3. The van der Waals surface area contributed by atoms with Gasteiger partial charge in [-0.2, -0.15) is 0 Å². The maximum atomic E-state index is 4.60. The Morgan fingerprint density at radius 3 is 2.50 bits per heavy atom. The molecule has 1 fully saturated rings. The molecule has 98 valence electrons. The van der Waals surface area contributed by atoms with Crippen molar-refractivity contribution < 1.29 is 0 Å². The van der Waals surface area contributed by atoms with Crippen LogP contribution in [0.2, 0.25) is 0 Å². The quantitative estimate of drug-likeness (QED) is 0.598. The molecule has 3 heteroatoms. The first-order valence-corrected chi connectivity index (χ1v) is 6.70. The summed E-state index contributed by atoms with van der Waals surface area (Å²) in [5, 5.41) is 0. The normalized spacial score (nSPS) is 18.3. The van der Waals surface area contributed by atoms with Crippen LogP contribution in [0.25, 0.3) is 0 Å². The number of piperidine rings is 1. The molecular weight excluding hydrogens is 222 g/mol. The SMILES string of the molecule is CN(C)/C=N/C1CCN(Cc2ccccc2)CC1. The van der Waals surface area contributed by atoms with Crippen molar-refractivity contribution in [3.63, 3.8) is 0 Å². The molecule has 0 amide bonds. The van der Waals surface area contributed by atoms with Gasteiger partial charge in [-0.3, -0.25) is 9.89 Å². The van der Waals surface area contributed by atoms with E-state index in [1.807, 2.05) is 25.3 Å². The Morgan fingerprint density at radius 1 is 1.22 bits per heavy atom. The van der Waals surface area contributed by atoms with Crippen LogP contribution < -0.4 is 0 Å². The number of likely N-dealkylation sites (tertiary alicyclic amines) is 1. The lowest BCUT2D eigenvalue weighted by Crippen LogP contribution is -2.35. The van der Waals surface area contributed by atoms with E-state index in [-0.39, 0.29) is 0 Å². The summed E-state index contributed by atoms with van der Waals surface area (Å²) < 4.78 is 0. The molecule has 1 aliphatic rings. The van der Waals surface area contributed by atoms with Gasteiger partial charge in [0, 0.05) is 33.7 Å². The van der Waals surface area contributed by atoms with Gasteiger partial charge >= 0.3 is 0 Å². The summed E-state index contributed by atoms with van der Waals surface area (Å²) in [5.41, 5.74) is 1.41. The summed E-state index contributed by atoms with van der Waals surface area (Å²) in [6, 6.07) is 11.2. The standard InChI is InChI=1S/C15H23N3/c1-17(2)13-16-15-8-10-18(11-9-15)12-14-6-4-3-5-7-14/h3-7,13,15H,8-12H2,1-2H3/b16-13+. The minimum atomic E-state index is 0.513. The van der Waals surface area contributed by atoms with Gasteiger partial charge in [0.05, 0.1) is 12.4 Å². The molecule has 3 nitrogen and oxygen atoms in total. The summed E-state index contributed by atoms with van der Waals surface area (Å²) in [6.45, 7) is 3.39. The Hall–Kier alpha value is -1.35. The highest BCUT2D eigenvalue weighted by molar-refractivity contribution is 5.54. The summed E-state index contributed by atoms with van der Waals surface area (Å²) in [5.74, 6) is 0. The third-order valence-electron chi connectivity index (χ3n) is 3.31. The van der Waals surface area contributed by atoms with Crippen molar-refractivity contribution in [2.75, 3.05) is 27.2 Å². The Labute approximate surface area is 110 Å². The second kappa shape index (κ2) is 6.55. The van der Waals surface area contributed by atoms with E-state index in [9.17, 15) is 0 Å². The zero-order valence-corrected chi connectivity index (χ0v) is 11.4. The largest absolute Gasteiger partial charge is 0.369 e. The fourth-order valence-electron chi connectivity index (χ4n) is 2.30. The Morgan fingerprint density at radius 2 is 1.89 bits per heavy atom. The molecule has 1 aliphatic heterocycles. The van der Waals surface area contributed by atoms with E-state index in [0.29, 0.717) is 6.04 Å². The van der Waals surface area contributed by atoms with Crippen molar-refractivity contribution in [2.24, 2.45) is 4.99 Å². The molecule has 0 N–H and O–H groups in total. The summed E-state index contributed by atoms with van der Waals surface area (Å²) in [6.07, 6.45) is 4.30. The van der Waals surface area contributed by atoms with Crippen LogP contribution in [-0.2, 0) is 6.54 Å². The molecule has 18 heavy (non-hydrogen) atoms. The van der Waals surface area contributed by atoms with Gasteiger partial charge in [0.2, 0.25) is 0 Å². The highest BCUT2D eigenvalue weighted by Crippen LogP contribution is 2.15. The molecule has 0 bridgehead atoms. The maximum absolute atomic E-state index is 4.60. The van der Waals surface area contributed by atoms with Gasteiger partial charge in [0.1, 0.15) is 0 Å². The van der Waals surface area contributed by atoms with E-state index in [2.05, 4.69) is 40.2 Å². The van der Waals surface area contributed by atoms with Gasteiger partial charge in [-0.1, -0.05) is 30.3 Å². The molecule has 0 saturated carbocycles. The Bertz CT molecular complexity index is 365. The van der Waals surface area contributed by atoms with Crippen molar-refractivity contribution in [2.45, 2.75) is 25.4 Å². The Kier molecular flexibility index (Phi) is 4.76. The third-order valence-corrected chi connectivity index (χ3v) is 3.31. The van der Waals surface area contributed by atoms with Crippen molar-refractivity contribution >= 4 is 6.34 Å². The zero-order valence-electron chi connectivity index (χ0n) is 11.4. The van der Waals surface area contributed by atoms with Crippen LogP contribution in [-0.4, -0.2) is 49.4 Å². The van der Waals surface area contributed by atoms with E-state index in [1.54, 1.807) is 0 Å². The molecule has 1 heterocycles. The summed E-state index contributed by atoms with van der Waals surface area (Å²) >= 11 is 0. The van der Waals surface area contributed by atoms with Gasteiger partial charge in [0.25, 0.3) is 0 Å². The lowest BCUT2D eigenvalue weighted by molar-refractivity contribution is 0.206. The predicted octanol–water partition coefficient (Wildman–Crippen LogP) is 2.24. The highest BCUT2D eigenvalue weighted by Gasteiger charge is 2.17.